The number of aryl methyl sites for hydroxylation is 2. The van der Waals surface area contributed by atoms with Gasteiger partial charge in [-0.3, -0.25) is 9.67 Å². The van der Waals surface area contributed by atoms with Crippen LogP contribution in [0.15, 0.2) is 24.5 Å². The van der Waals surface area contributed by atoms with E-state index in [1.807, 2.05) is 19.3 Å². The highest BCUT2D eigenvalue weighted by Gasteiger charge is 2.18. The average Bonchev–Trinajstić information content (AvgIpc) is 2.72. The van der Waals surface area contributed by atoms with Crippen LogP contribution in [0.25, 0.3) is 0 Å². The van der Waals surface area contributed by atoms with Crippen molar-refractivity contribution in [2.45, 2.75) is 19.9 Å². The van der Waals surface area contributed by atoms with Crippen molar-refractivity contribution < 1.29 is 0 Å². The fraction of sp³-hybridized carbons (Fsp3) is 0.417. The number of aromatic nitrogens is 4. The summed E-state index contributed by atoms with van der Waals surface area (Å²) in [5.74, 6) is 0. The second-order valence-corrected chi connectivity index (χ2v) is 4.03. The first-order valence-electron chi connectivity index (χ1n) is 5.73. The third-order valence-corrected chi connectivity index (χ3v) is 2.69. The summed E-state index contributed by atoms with van der Waals surface area (Å²) in [5, 5.41) is 11.3. The molecule has 2 rings (SSSR count). The summed E-state index contributed by atoms with van der Waals surface area (Å²) in [6.45, 7) is 5.01. The first kappa shape index (κ1) is 11.7. The van der Waals surface area contributed by atoms with Gasteiger partial charge in [-0.2, -0.15) is 0 Å². The molecule has 1 unspecified atom stereocenters. The molecular formula is C12H17N5. The lowest BCUT2D eigenvalue weighted by atomic mass is 10.1. The molecule has 0 aliphatic carbocycles. The topological polar surface area (TPSA) is 55.6 Å². The summed E-state index contributed by atoms with van der Waals surface area (Å²) in [4.78, 5) is 4.42. The van der Waals surface area contributed by atoms with E-state index in [-0.39, 0.29) is 6.04 Å². The summed E-state index contributed by atoms with van der Waals surface area (Å²) in [6.07, 6.45) is 3.61. The van der Waals surface area contributed by atoms with E-state index in [4.69, 9.17) is 0 Å². The largest absolute Gasteiger partial charge is 0.304 e. The van der Waals surface area contributed by atoms with Crippen LogP contribution in [-0.4, -0.2) is 26.5 Å². The van der Waals surface area contributed by atoms with Crippen molar-refractivity contribution in [3.8, 4) is 0 Å². The Morgan fingerprint density at radius 2 is 2.29 bits per heavy atom. The Morgan fingerprint density at radius 1 is 1.47 bits per heavy atom. The molecule has 0 aromatic carbocycles. The molecule has 1 N–H and O–H groups in total. The number of nitrogens with zero attached hydrogens (tertiary/aromatic N) is 4. The van der Waals surface area contributed by atoms with Gasteiger partial charge < -0.3 is 5.32 Å². The van der Waals surface area contributed by atoms with Gasteiger partial charge in [0.2, 0.25) is 0 Å². The molecule has 17 heavy (non-hydrogen) atoms. The minimum atomic E-state index is 0.0416. The molecule has 0 saturated carbocycles. The first-order chi connectivity index (χ1) is 8.22. The van der Waals surface area contributed by atoms with E-state index in [0.29, 0.717) is 0 Å². The maximum Gasteiger partial charge on any atom is 0.0938 e. The Bertz CT molecular complexity index is 491. The molecule has 0 amide bonds. The number of pyridine rings is 1. The highest BCUT2D eigenvalue weighted by molar-refractivity contribution is 5.23. The van der Waals surface area contributed by atoms with Gasteiger partial charge in [-0.05, 0) is 31.2 Å². The van der Waals surface area contributed by atoms with Gasteiger partial charge in [0.1, 0.15) is 0 Å². The van der Waals surface area contributed by atoms with Crippen molar-refractivity contribution in [1.29, 1.82) is 0 Å². The molecule has 0 aliphatic heterocycles. The Kier molecular flexibility index (Phi) is 3.49. The molecule has 2 aromatic rings. The van der Waals surface area contributed by atoms with E-state index in [1.54, 1.807) is 10.9 Å². The molecule has 90 valence electrons. The van der Waals surface area contributed by atoms with Crippen molar-refractivity contribution in [3.63, 3.8) is 0 Å². The van der Waals surface area contributed by atoms with E-state index in [0.717, 1.165) is 17.9 Å². The Hall–Kier alpha value is -1.75. The second kappa shape index (κ2) is 5.05. The minimum absolute atomic E-state index is 0.0416. The predicted octanol–water partition coefficient (Wildman–Crippen LogP) is 1.22. The molecule has 0 fully saturated rings. The van der Waals surface area contributed by atoms with E-state index in [9.17, 15) is 0 Å². The maximum atomic E-state index is 4.42. The van der Waals surface area contributed by atoms with E-state index < -0.39 is 0 Å². The van der Waals surface area contributed by atoms with Crippen molar-refractivity contribution in [2.24, 2.45) is 7.05 Å². The van der Waals surface area contributed by atoms with Gasteiger partial charge in [0.25, 0.3) is 0 Å². The van der Waals surface area contributed by atoms with E-state index in [1.165, 1.54) is 5.56 Å². The molecule has 0 radical (unpaired) electrons. The zero-order valence-electron chi connectivity index (χ0n) is 10.4. The van der Waals surface area contributed by atoms with Crippen LogP contribution in [0, 0.1) is 6.92 Å². The minimum Gasteiger partial charge on any atom is -0.304 e. The molecule has 5 heteroatoms. The number of rotatable bonds is 4. The lowest BCUT2D eigenvalue weighted by Crippen LogP contribution is -2.25. The number of hydrogen-bond acceptors (Lipinski definition) is 4. The Morgan fingerprint density at radius 3 is 2.88 bits per heavy atom. The molecule has 5 nitrogen and oxygen atoms in total. The number of hydrogen-bond donors (Lipinski definition) is 1. The summed E-state index contributed by atoms with van der Waals surface area (Å²) in [6, 6.07) is 4.12. The first-order valence-corrected chi connectivity index (χ1v) is 5.73. The Labute approximate surface area is 101 Å². The monoisotopic (exact) mass is 231 g/mol. The molecule has 0 saturated heterocycles. The van der Waals surface area contributed by atoms with Crippen molar-refractivity contribution in [1.82, 2.24) is 25.3 Å². The lowest BCUT2D eigenvalue weighted by Gasteiger charge is -2.17. The fourth-order valence-corrected chi connectivity index (χ4v) is 1.84. The van der Waals surface area contributed by atoms with Crippen molar-refractivity contribution in [2.75, 3.05) is 6.54 Å². The molecule has 0 aliphatic rings. The predicted molar refractivity (Wildman–Crippen MR) is 65.5 cm³/mol. The van der Waals surface area contributed by atoms with Gasteiger partial charge in [-0.1, -0.05) is 12.1 Å². The zero-order valence-corrected chi connectivity index (χ0v) is 10.4. The van der Waals surface area contributed by atoms with Gasteiger partial charge in [0.15, 0.2) is 0 Å². The standard InChI is InChI=1S/C12H17N5/c1-4-13-12(11-8-15-16-17(11)3)10-7-9(2)5-6-14-10/h5-8,12-13H,4H2,1-3H3. The number of nitrogens with one attached hydrogen (secondary N) is 1. The summed E-state index contributed by atoms with van der Waals surface area (Å²) in [7, 11) is 1.89. The zero-order chi connectivity index (χ0) is 12.3. The molecule has 0 bridgehead atoms. The molecule has 1 atom stereocenters. The molecule has 2 aromatic heterocycles. The summed E-state index contributed by atoms with van der Waals surface area (Å²) >= 11 is 0. The summed E-state index contributed by atoms with van der Waals surface area (Å²) in [5.41, 5.74) is 3.22. The van der Waals surface area contributed by atoms with Crippen LogP contribution in [-0.2, 0) is 7.05 Å². The third kappa shape index (κ3) is 2.50. The van der Waals surface area contributed by atoms with E-state index in [2.05, 4.69) is 40.5 Å². The van der Waals surface area contributed by atoms with Crippen LogP contribution in [0.4, 0.5) is 0 Å². The SMILES string of the molecule is CCNC(c1cc(C)ccn1)c1cnnn1C. The maximum absolute atomic E-state index is 4.42. The van der Waals surface area contributed by atoms with E-state index >= 15 is 0 Å². The van der Waals surface area contributed by atoms with Crippen LogP contribution in [0.3, 0.4) is 0 Å². The average molecular weight is 231 g/mol. The van der Waals surface area contributed by atoms with Crippen LogP contribution in [0.2, 0.25) is 0 Å². The van der Waals surface area contributed by atoms with Crippen molar-refractivity contribution >= 4 is 0 Å². The quantitative estimate of drug-likeness (QED) is 0.859. The van der Waals surface area contributed by atoms with Gasteiger partial charge in [-0.25, -0.2) is 0 Å². The van der Waals surface area contributed by atoms with Gasteiger partial charge >= 0.3 is 0 Å². The molecule has 2 heterocycles. The molecule has 0 spiro atoms. The van der Waals surface area contributed by atoms with Gasteiger partial charge in [0.05, 0.1) is 23.6 Å². The van der Waals surface area contributed by atoms with Gasteiger partial charge in [-0.15, -0.1) is 5.10 Å². The van der Waals surface area contributed by atoms with Crippen LogP contribution in [0.5, 0.6) is 0 Å². The van der Waals surface area contributed by atoms with Crippen LogP contribution >= 0.6 is 0 Å². The van der Waals surface area contributed by atoms with Crippen molar-refractivity contribution in [3.05, 3.63) is 41.5 Å². The van der Waals surface area contributed by atoms with Crippen LogP contribution in [0.1, 0.15) is 29.9 Å². The fourth-order valence-electron chi connectivity index (χ4n) is 1.84. The normalized spacial score (nSPS) is 12.6. The lowest BCUT2D eigenvalue weighted by molar-refractivity contribution is 0.558. The highest BCUT2D eigenvalue weighted by atomic mass is 15.4. The molecular weight excluding hydrogens is 214 g/mol. The van der Waals surface area contributed by atoms with Crippen LogP contribution < -0.4 is 5.32 Å². The second-order valence-electron chi connectivity index (χ2n) is 4.03. The highest BCUT2D eigenvalue weighted by Crippen LogP contribution is 2.19. The van der Waals surface area contributed by atoms with Gasteiger partial charge in [0, 0.05) is 13.2 Å². The Balaban J connectivity index is 2.39. The smallest absolute Gasteiger partial charge is 0.0938 e. The third-order valence-electron chi connectivity index (χ3n) is 2.69. The summed E-state index contributed by atoms with van der Waals surface area (Å²) < 4.78 is 1.78.